The van der Waals surface area contributed by atoms with Crippen molar-refractivity contribution in [2.45, 2.75) is 111 Å². The van der Waals surface area contributed by atoms with Gasteiger partial charge in [0, 0.05) is 44.2 Å². The summed E-state index contributed by atoms with van der Waals surface area (Å²) in [6, 6.07) is 21.6. The molecule has 0 amide bonds. The average molecular weight is 781 g/mol. The molecule has 0 unspecified atom stereocenters. The SMILES string of the molecule is CC1(C)c2c([c-]cc3ccccc23)-c2nccc3cc(C4CCCCC4)cc1c23.CCC(CC)C(=O)/C=C(\O)C(CC)CC.[Ir]. The largest absolute Gasteiger partial charge is 0.512 e. The summed E-state index contributed by atoms with van der Waals surface area (Å²) < 4.78 is 0. The van der Waals surface area contributed by atoms with Crippen molar-refractivity contribution in [1.29, 1.82) is 0 Å². The van der Waals surface area contributed by atoms with Crippen LogP contribution in [0.4, 0.5) is 0 Å². The number of nitrogens with zero attached hydrogens (tertiary/aromatic N) is 1. The third kappa shape index (κ3) is 6.98. The Hall–Kier alpha value is -2.81. The molecule has 6 rings (SSSR count). The van der Waals surface area contributed by atoms with Crippen LogP contribution < -0.4 is 0 Å². The van der Waals surface area contributed by atoms with Gasteiger partial charge in [0.1, 0.15) is 0 Å². The van der Waals surface area contributed by atoms with Gasteiger partial charge >= 0.3 is 0 Å². The number of aliphatic hydroxyl groups excluding tert-OH is 1. The van der Waals surface area contributed by atoms with E-state index < -0.39 is 0 Å². The second-order valence-electron chi connectivity index (χ2n) is 13.4. The van der Waals surface area contributed by atoms with E-state index in [4.69, 9.17) is 4.98 Å². The molecule has 0 saturated heterocycles. The van der Waals surface area contributed by atoms with Crippen LogP contribution in [-0.2, 0) is 30.3 Å². The van der Waals surface area contributed by atoms with Crippen LogP contribution in [0.3, 0.4) is 0 Å². The van der Waals surface area contributed by atoms with Crippen LogP contribution in [0.2, 0.25) is 0 Å². The first kappa shape index (κ1) is 35.1. The minimum atomic E-state index is -0.0777. The number of carbonyl (C=O) groups excluding carboxylic acids is 1. The zero-order valence-electron chi connectivity index (χ0n) is 28.0. The molecular weight excluding hydrogens is 731 g/mol. The van der Waals surface area contributed by atoms with Gasteiger partial charge in [-0.05, 0) is 83.5 Å². The van der Waals surface area contributed by atoms with Crippen molar-refractivity contribution in [3.63, 3.8) is 0 Å². The normalized spacial score (nSPS) is 15.9. The van der Waals surface area contributed by atoms with E-state index in [2.05, 4.69) is 68.4 Å². The Morgan fingerprint density at radius 1 is 0.956 bits per heavy atom. The Morgan fingerprint density at radius 2 is 1.62 bits per heavy atom. The van der Waals surface area contributed by atoms with Crippen molar-refractivity contribution in [1.82, 2.24) is 4.98 Å². The first-order chi connectivity index (χ1) is 21.2. The predicted octanol–water partition coefficient (Wildman–Crippen LogP) is 11.4. The van der Waals surface area contributed by atoms with Gasteiger partial charge < -0.3 is 10.1 Å². The van der Waals surface area contributed by atoms with E-state index >= 15 is 0 Å². The quantitative estimate of drug-likeness (QED) is 0.110. The minimum Gasteiger partial charge on any atom is -0.512 e. The number of allylic oxidation sites excluding steroid dienone is 2. The number of rotatable bonds is 8. The molecule has 3 aromatic carbocycles. The molecule has 2 aliphatic carbocycles. The number of carbonyl (C=O) groups is 1. The molecule has 1 aromatic heterocycles. The molecule has 1 heterocycles. The number of hydrogen-bond donors (Lipinski definition) is 1. The van der Waals surface area contributed by atoms with Crippen molar-refractivity contribution >= 4 is 27.3 Å². The summed E-state index contributed by atoms with van der Waals surface area (Å²) in [6.07, 6.45) is 13.7. The molecule has 0 spiro atoms. The topological polar surface area (TPSA) is 50.2 Å². The van der Waals surface area contributed by atoms with Gasteiger partial charge in [-0.2, -0.15) is 0 Å². The fraction of sp³-hybridized carbons (Fsp3) is 0.463. The summed E-state index contributed by atoms with van der Waals surface area (Å²) in [5, 5.41) is 15.0. The van der Waals surface area contributed by atoms with Crippen molar-refractivity contribution in [2.75, 3.05) is 0 Å². The molecule has 1 saturated carbocycles. The van der Waals surface area contributed by atoms with E-state index in [1.165, 1.54) is 82.0 Å². The van der Waals surface area contributed by atoms with E-state index in [9.17, 15) is 9.90 Å². The van der Waals surface area contributed by atoms with Gasteiger partial charge in [0.15, 0.2) is 5.78 Å². The van der Waals surface area contributed by atoms with Crippen LogP contribution in [0.5, 0.6) is 0 Å². The van der Waals surface area contributed by atoms with Gasteiger partial charge in [-0.25, -0.2) is 0 Å². The summed E-state index contributed by atoms with van der Waals surface area (Å²) >= 11 is 0. The van der Waals surface area contributed by atoms with Gasteiger partial charge in [-0.1, -0.05) is 108 Å². The molecule has 45 heavy (non-hydrogen) atoms. The van der Waals surface area contributed by atoms with Crippen molar-refractivity contribution < 1.29 is 30.0 Å². The molecule has 1 radical (unpaired) electrons. The van der Waals surface area contributed by atoms with Crippen molar-refractivity contribution in [3.05, 3.63) is 89.3 Å². The summed E-state index contributed by atoms with van der Waals surface area (Å²) in [7, 11) is 0. The van der Waals surface area contributed by atoms with Gasteiger partial charge in [-0.15, -0.1) is 23.3 Å². The van der Waals surface area contributed by atoms with E-state index in [0.717, 1.165) is 31.4 Å². The number of aliphatic hydroxyl groups is 1. The molecule has 1 N–H and O–H groups in total. The Labute approximate surface area is 284 Å². The van der Waals surface area contributed by atoms with Gasteiger partial charge in [0.25, 0.3) is 0 Å². The number of benzene rings is 3. The molecule has 2 aliphatic rings. The van der Waals surface area contributed by atoms with E-state index in [0.29, 0.717) is 5.92 Å². The molecule has 4 heteroatoms. The second-order valence-corrected chi connectivity index (χ2v) is 13.4. The van der Waals surface area contributed by atoms with Gasteiger partial charge in [-0.3, -0.25) is 4.79 Å². The number of fused-ring (bicyclic) bond motifs is 4. The second kappa shape index (κ2) is 15.2. The molecular formula is C41H50IrNO2-. The molecule has 241 valence electrons. The fourth-order valence-electron chi connectivity index (χ4n) is 7.65. The molecule has 0 bridgehead atoms. The predicted molar refractivity (Wildman–Crippen MR) is 185 cm³/mol. The molecule has 1 fully saturated rings. The molecule has 3 nitrogen and oxygen atoms in total. The zero-order valence-corrected chi connectivity index (χ0v) is 30.4. The Morgan fingerprint density at radius 3 is 2.29 bits per heavy atom. The molecule has 4 aromatic rings. The van der Waals surface area contributed by atoms with Crippen LogP contribution in [0.1, 0.15) is 122 Å². The Kier molecular flexibility index (Phi) is 11.8. The van der Waals surface area contributed by atoms with Gasteiger partial charge in [0.2, 0.25) is 0 Å². The van der Waals surface area contributed by atoms with Crippen LogP contribution >= 0.6 is 0 Å². The number of ketones is 1. The third-order valence-corrected chi connectivity index (χ3v) is 10.4. The first-order valence-electron chi connectivity index (χ1n) is 17.1. The van der Waals surface area contributed by atoms with Crippen LogP contribution in [0.25, 0.3) is 32.8 Å². The minimum absolute atomic E-state index is 0. The summed E-state index contributed by atoms with van der Waals surface area (Å²) in [6.45, 7) is 12.9. The van der Waals surface area contributed by atoms with E-state index in [-0.39, 0.29) is 48.9 Å². The Balaban J connectivity index is 0.000000249. The maximum absolute atomic E-state index is 11.7. The maximum Gasteiger partial charge on any atom is 0.162 e. The van der Waals surface area contributed by atoms with Crippen molar-refractivity contribution in [2.24, 2.45) is 11.8 Å². The Bertz CT molecular complexity index is 1660. The molecule has 0 aliphatic heterocycles. The smallest absolute Gasteiger partial charge is 0.162 e. The zero-order chi connectivity index (χ0) is 31.4. The van der Waals surface area contributed by atoms with Crippen LogP contribution in [0.15, 0.2) is 66.6 Å². The van der Waals surface area contributed by atoms with E-state index in [1.54, 1.807) is 0 Å². The fourth-order valence-corrected chi connectivity index (χ4v) is 7.65. The van der Waals surface area contributed by atoms with Crippen molar-refractivity contribution in [3.8, 4) is 11.3 Å². The summed E-state index contributed by atoms with van der Waals surface area (Å²) in [5.74, 6) is 1.25. The molecule has 0 atom stereocenters. The number of aromatic nitrogens is 1. The standard InChI is InChI=1S/C28H26N.C13H24O2.Ir/c1-28(2)24-17-21(18-8-4-3-5-9-18)16-20-14-15-29-27(25(20)24)23-13-12-19-10-6-7-11-22(19)26(23)28;1-5-10(6-2)12(14)9-13(15)11(7-3)8-4;/h6-7,10-12,14-18H,3-5,8-9H2,1-2H3;9-11,14H,5-8H2,1-4H3;/q-1;;/b;12-9-;. The summed E-state index contributed by atoms with van der Waals surface area (Å²) in [5.41, 5.74) is 6.56. The monoisotopic (exact) mass is 781 g/mol. The first-order valence-corrected chi connectivity index (χ1v) is 17.1. The average Bonchev–Trinajstić information content (AvgIpc) is 3.04. The van der Waals surface area contributed by atoms with Crippen LogP contribution in [0, 0.1) is 17.9 Å². The maximum atomic E-state index is 11.7. The van der Waals surface area contributed by atoms with E-state index in [1.807, 2.05) is 33.9 Å². The number of pyridine rings is 1. The van der Waals surface area contributed by atoms with Gasteiger partial charge in [0.05, 0.1) is 5.76 Å². The summed E-state index contributed by atoms with van der Waals surface area (Å²) in [4.78, 5) is 16.6. The van der Waals surface area contributed by atoms with Crippen LogP contribution in [-0.4, -0.2) is 15.9 Å². The third-order valence-electron chi connectivity index (χ3n) is 10.4. The number of hydrogen-bond acceptors (Lipinski definition) is 3.